The van der Waals surface area contributed by atoms with Crippen LogP contribution in [0.5, 0.6) is 0 Å². The first kappa shape index (κ1) is 19.0. The number of carbonyl (C=O) groups is 2. The summed E-state index contributed by atoms with van der Waals surface area (Å²) in [6.07, 6.45) is 1.53. The minimum absolute atomic E-state index is 0.00168. The summed E-state index contributed by atoms with van der Waals surface area (Å²) in [7, 11) is 0. The first-order valence-corrected chi connectivity index (χ1v) is 8.87. The molecule has 132 valence electrons. The van der Waals surface area contributed by atoms with Gasteiger partial charge in [-0.25, -0.2) is 0 Å². The number of nitrogens with zero attached hydrogens (tertiary/aromatic N) is 2. The van der Waals surface area contributed by atoms with Crippen LogP contribution in [0.1, 0.15) is 30.1 Å². The lowest BCUT2D eigenvalue weighted by Crippen LogP contribution is -2.47. The average molecular weight is 373 g/mol. The summed E-state index contributed by atoms with van der Waals surface area (Å²) in [5.74, 6) is -0.369. The van der Waals surface area contributed by atoms with Gasteiger partial charge in [-0.15, -0.1) is 0 Å². The Morgan fingerprint density at radius 3 is 2.71 bits per heavy atom. The van der Waals surface area contributed by atoms with Crippen LogP contribution in [-0.2, 0) is 4.79 Å². The van der Waals surface area contributed by atoms with E-state index in [1.165, 1.54) is 0 Å². The van der Waals surface area contributed by atoms with Crippen LogP contribution in [0.4, 0.5) is 0 Å². The molecule has 0 aromatic heterocycles. The van der Waals surface area contributed by atoms with Crippen LogP contribution in [0.15, 0.2) is 18.2 Å². The minimum Gasteiger partial charge on any atom is -0.395 e. The minimum atomic E-state index is -0.225. The van der Waals surface area contributed by atoms with Crippen LogP contribution in [0.25, 0.3) is 0 Å². The van der Waals surface area contributed by atoms with E-state index < -0.39 is 0 Å². The normalized spacial score (nSPS) is 17.7. The molecule has 1 unspecified atom stereocenters. The van der Waals surface area contributed by atoms with Crippen molar-refractivity contribution in [1.29, 1.82) is 0 Å². The Morgan fingerprint density at radius 2 is 2.08 bits per heavy atom. The number of rotatable bonds is 5. The van der Waals surface area contributed by atoms with Gasteiger partial charge in [0, 0.05) is 31.7 Å². The molecule has 0 saturated carbocycles. The second kappa shape index (κ2) is 8.70. The van der Waals surface area contributed by atoms with Crippen molar-refractivity contribution < 1.29 is 14.7 Å². The highest BCUT2D eigenvalue weighted by molar-refractivity contribution is 6.42. The summed E-state index contributed by atoms with van der Waals surface area (Å²) in [6, 6.07) is 4.80. The van der Waals surface area contributed by atoms with E-state index in [9.17, 15) is 9.59 Å². The monoisotopic (exact) mass is 372 g/mol. The molecule has 1 atom stereocenters. The zero-order valence-corrected chi connectivity index (χ0v) is 15.2. The Kier molecular flexibility index (Phi) is 6.90. The fourth-order valence-corrected chi connectivity index (χ4v) is 3.28. The van der Waals surface area contributed by atoms with Crippen molar-refractivity contribution in [3.8, 4) is 0 Å². The highest BCUT2D eigenvalue weighted by Crippen LogP contribution is 2.25. The van der Waals surface area contributed by atoms with Crippen molar-refractivity contribution in [2.45, 2.75) is 19.8 Å². The van der Waals surface area contributed by atoms with Crippen LogP contribution >= 0.6 is 23.2 Å². The molecule has 1 aliphatic rings. The Balaban J connectivity index is 2.08. The van der Waals surface area contributed by atoms with Gasteiger partial charge in [-0.2, -0.15) is 0 Å². The van der Waals surface area contributed by atoms with Gasteiger partial charge in [0.2, 0.25) is 5.91 Å². The van der Waals surface area contributed by atoms with E-state index in [-0.39, 0.29) is 24.3 Å². The van der Waals surface area contributed by atoms with E-state index >= 15 is 0 Å². The third kappa shape index (κ3) is 4.41. The summed E-state index contributed by atoms with van der Waals surface area (Å²) in [6.45, 7) is 3.71. The largest absolute Gasteiger partial charge is 0.395 e. The van der Waals surface area contributed by atoms with Gasteiger partial charge in [0.1, 0.15) is 0 Å². The zero-order valence-electron chi connectivity index (χ0n) is 13.7. The molecular weight excluding hydrogens is 351 g/mol. The second-order valence-electron chi connectivity index (χ2n) is 5.86. The molecule has 1 aliphatic heterocycles. The third-order valence-corrected chi connectivity index (χ3v) is 5.03. The molecule has 1 N–H and O–H groups in total. The van der Waals surface area contributed by atoms with Crippen molar-refractivity contribution in [3.05, 3.63) is 33.8 Å². The molecule has 2 rings (SSSR count). The van der Waals surface area contributed by atoms with Gasteiger partial charge in [-0.05, 0) is 38.0 Å². The number of carbonyl (C=O) groups excluding carboxylic acids is 2. The standard InChI is InChI=1S/C17H22Cl2N2O3/c1-2-20(8-9-22)17(24)13-4-3-7-21(11-13)16(23)12-5-6-14(18)15(19)10-12/h5-6,10,13,22H,2-4,7-9,11H2,1H3. The lowest BCUT2D eigenvalue weighted by Gasteiger charge is -2.34. The van der Waals surface area contributed by atoms with Crippen LogP contribution in [0, 0.1) is 5.92 Å². The SMILES string of the molecule is CCN(CCO)C(=O)C1CCCN(C(=O)c2ccc(Cl)c(Cl)c2)C1. The van der Waals surface area contributed by atoms with E-state index in [1.54, 1.807) is 28.0 Å². The fraction of sp³-hybridized carbons (Fsp3) is 0.529. The summed E-state index contributed by atoms with van der Waals surface area (Å²) >= 11 is 11.9. The second-order valence-corrected chi connectivity index (χ2v) is 6.68. The molecular formula is C17H22Cl2N2O3. The smallest absolute Gasteiger partial charge is 0.253 e. The number of likely N-dealkylation sites (tertiary alicyclic amines) is 1. The third-order valence-electron chi connectivity index (χ3n) is 4.29. The first-order valence-electron chi connectivity index (χ1n) is 8.11. The van der Waals surface area contributed by atoms with E-state index in [1.807, 2.05) is 6.92 Å². The number of amides is 2. The van der Waals surface area contributed by atoms with Gasteiger partial charge in [0.05, 0.1) is 22.6 Å². The number of likely N-dealkylation sites (N-methyl/N-ethyl adjacent to an activating group) is 1. The Bertz CT molecular complexity index is 609. The zero-order chi connectivity index (χ0) is 17.7. The number of hydrogen-bond donors (Lipinski definition) is 1. The molecule has 1 saturated heterocycles. The molecule has 24 heavy (non-hydrogen) atoms. The Labute approximate surface area is 152 Å². The maximum absolute atomic E-state index is 12.7. The van der Waals surface area contributed by atoms with E-state index in [0.29, 0.717) is 41.8 Å². The van der Waals surface area contributed by atoms with Crippen molar-refractivity contribution in [2.24, 2.45) is 5.92 Å². The maximum Gasteiger partial charge on any atom is 0.253 e. The van der Waals surface area contributed by atoms with E-state index in [4.69, 9.17) is 28.3 Å². The van der Waals surface area contributed by atoms with Gasteiger partial charge < -0.3 is 14.9 Å². The lowest BCUT2D eigenvalue weighted by atomic mass is 9.95. The van der Waals surface area contributed by atoms with Gasteiger partial charge in [0.25, 0.3) is 5.91 Å². The van der Waals surface area contributed by atoms with Crippen molar-refractivity contribution in [3.63, 3.8) is 0 Å². The predicted octanol–water partition coefficient (Wildman–Crippen LogP) is 2.69. The lowest BCUT2D eigenvalue weighted by molar-refractivity contribution is -0.137. The van der Waals surface area contributed by atoms with Crippen molar-refractivity contribution >= 4 is 35.0 Å². The van der Waals surface area contributed by atoms with E-state index in [2.05, 4.69) is 0 Å². The van der Waals surface area contributed by atoms with Gasteiger partial charge in [-0.3, -0.25) is 9.59 Å². The van der Waals surface area contributed by atoms with Crippen LogP contribution in [0.2, 0.25) is 10.0 Å². The Morgan fingerprint density at radius 1 is 1.33 bits per heavy atom. The summed E-state index contributed by atoms with van der Waals surface area (Å²) in [5, 5.41) is 9.82. The predicted molar refractivity (Wildman–Crippen MR) is 94.4 cm³/mol. The molecule has 1 heterocycles. The molecule has 1 aromatic carbocycles. The molecule has 0 radical (unpaired) electrons. The highest BCUT2D eigenvalue weighted by Gasteiger charge is 2.31. The maximum atomic E-state index is 12.7. The quantitative estimate of drug-likeness (QED) is 0.863. The first-order chi connectivity index (χ1) is 11.5. The molecule has 0 bridgehead atoms. The van der Waals surface area contributed by atoms with Crippen molar-refractivity contribution in [1.82, 2.24) is 9.80 Å². The molecule has 7 heteroatoms. The molecule has 2 amide bonds. The van der Waals surface area contributed by atoms with Gasteiger partial charge >= 0.3 is 0 Å². The number of benzene rings is 1. The topological polar surface area (TPSA) is 60.9 Å². The summed E-state index contributed by atoms with van der Waals surface area (Å²) in [4.78, 5) is 28.5. The number of hydrogen-bond acceptors (Lipinski definition) is 3. The molecule has 5 nitrogen and oxygen atoms in total. The number of aliphatic hydroxyl groups is 1. The van der Waals surface area contributed by atoms with Gasteiger partial charge in [-0.1, -0.05) is 23.2 Å². The van der Waals surface area contributed by atoms with Crippen LogP contribution < -0.4 is 0 Å². The molecule has 0 aliphatic carbocycles. The van der Waals surface area contributed by atoms with Crippen molar-refractivity contribution in [2.75, 3.05) is 32.8 Å². The molecule has 1 fully saturated rings. The summed E-state index contributed by atoms with van der Waals surface area (Å²) in [5.41, 5.74) is 0.472. The Hall–Kier alpha value is -1.30. The highest BCUT2D eigenvalue weighted by atomic mass is 35.5. The van der Waals surface area contributed by atoms with Crippen LogP contribution in [0.3, 0.4) is 0 Å². The average Bonchev–Trinajstić information content (AvgIpc) is 2.61. The number of piperidine rings is 1. The number of aliphatic hydroxyl groups excluding tert-OH is 1. The fourth-order valence-electron chi connectivity index (χ4n) is 2.98. The molecule has 1 aromatic rings. The number of halogens is 2. The van der Waals surface area contributed by atoms with E-state index in [0.717, 1.165) is 12.8 Å². The summed E-state index contributed by atoms with van der Waals surface area (Å²) < 4.78 is 0. The van der Waals surface area contributed by atoms with Gasteiger partial charge in [0.15, 0.2) is 0 Å². The molecule has 0 spiro atoms. The van der Waals surface area contributed by atoms with Crippen LogP contribution in [-0.4, -0.2) is 59.5 Å².